The van der Waals surface area contributed by atoms with Gasteiger partial charge in [-0.2, -0.15) is 0 Å². The van der Waals surface area contributed by atoms with E-state index in [2.05, 4.69) is 60.1 Å². The number of aliphatic hydroxyl groups is 2. The molecular weight excluding hydrogens is 987 g/mol. The van der Waals surface area contributed by atoms with Crippen LogP contribution in [0.1, 0.15) is 124 Å². The highest BCUT2D eigenvalue weighted by atomic mass is 16.3. The predicted octanol–water partition coefficient (Wildman–Crippen LogP) is -3.26. The first-order chi connectivity index (χ1) is 36.1. The Bertz CT molecular complexity index is 2050. The third-order valence-corrected chi connectivity index (χ3v) is 12.6. The average Bonchev–Trinajstić information content (AvgIpc) is 3.36. The number of carbonyl (C=O) groups is 10. The quantitative estimate of drug-likeness (QED) is 0.0452. The van der Waals surface area contributed by atoms with E-state index in [4.69, 9.17) is 17.2 Å². The van der Waals surface area contributed by atoms with Crippen LogP contribution in [0, 0.1) is 5.92 Å². The standard InChI is InChI=1S/C51H87N13O12/c1-7-9-10-11-15-18-40(67)63-42(31(6)66)51(76)60-35(20-24-53)45(70)59-37-22-26-55-50(75)41(30(5)65)64-47(72)36(21-25-54)57-44(69)34(19-23-52)58-48(73)38(27-29(3)4)61-49(74)39(28-32-16-13-12-14-17-32)62-43(68)33(8-2)56-46(37)71/h12-14,16-17,29-31,33-39,41-42,65-66H,7-11,15,18-28,52-54H2,1-6H3,(H,55,75)(H,56,71)(H,57,69)(H,58,73)(H,59,70)(H,60,76)(H,61,74)(H,62,68)(H,63,67)(H,64,72)/t30-,31-,33+,34+,35+,36+,37+,38+,39+,41+,42+/m1/s1. The van der Waals surface area contributed by atoms with Crippen LogP contribution in [0.3, 0.4) is 0 Å². The lowest BCUT2D eigenvalue weighted by molar-refractivity contribution is -0.136. The molecule has 0 aliphatic carbocycles. The molecule has 0 bridgehead atoms. The van der Waals surface area contributed by atoms with Crippen molar-refractivity contribution >= 4 is 59.1 Å². The minimum Gasteiger partial charge on any atom is -0.391 e. The van der Waals surface area contributed by atoms with Gasteiger partial charge in [-0.05, 0) is 89.9 Å². The number of amides is 10. The number of nitrogens with two attached hydrogens (primary N) is 3. The van der Waals surface area contributed by atoms with Gasteiger partial charge in [-0.1, -0.05) is 83.7 Å². The number of unbranched alkanes of at least 4 members (excludes halogenated alkanes) is 4. The van der Waals surface area contributed by atoms with Gasteiger partial charge in [-0.25, -0.2) is 0 Å². The van der Waals surface area contributed by atoms with Gasteiger partial charge in [-0.3, -0.25) is 47.9 Å². The zero-order chi connectivity index (χ0) is 56.9. The molecule has 0 spiro atoms. The first-order valence-corrected chi connectivity index (χ1v) is 26.6. The molecular formula is C51H87N13O12. The minimum absolute atomic E-state index is 0.0460. The summed E-state index contributed by atoms with van der Waals surface area (Å²) < 4.78 is 0. The molecule has 2 rings (SSSR count). The number of carbonyl (C=O) groups excluding carboxylic acids is 10. The van der Waals surface area contributed by atoms with E-state index in [-0.39, 0.29) is 76.9 Å². The van der Waals surface area contributed by atoms with Crippen LogP contribution in [0.25, 0.3) is 0 Å². The SMILES string of the molecule is CCCCCCCC(=O)N[C@H](C(=O)N[C@@H](CCN)C(=O)N[C@H]1CCNC(=O)[C@H]([C@@H](C)O)NC(=O)[C@H](CCN)NC(=O)[C@H](CCN)NC(=O)[C@H](CC(C)C)NC(=O)[C@H](Cc2ccccc2)NC(=O)[C@H](CC)NC1=O)[C@@H](C)O. The van der Waals surface area contributed by atoms with Crippen molar-refractivity contribution in [3.63, 3.8) is 0 Å². The fourth-order valence-corrected chi connectivity index (χ4v) is 8.23. The molecule has 25 heteroatoms. The van der Waals surface area contributed by atoms with E-state index in [1.165, 1.54) is 13.8 Å². The largest absolute Gasteiger partial charge is 0.391 e. The first kappa shape index (κ1) is 65.8. The molecule has 0 radical (unpaired) electrons. The Morgan fingerprint density at radius 3 is 1.72 bits per heavy atom. The summed E-state index contributed by atoms with van der Waals surface area (Å²) in [6.07, 6.45) is 0.638. The highest BCUT2D eigenvalue weighted by Crippen LogP contribution is 2.12. The monoisotopic (exact) mass is 1070 g/mol. The van der Waals surface area contributed by atoms with Gasteiger partial charge >= 0.3 is 0 Å². The molecule has 0 unspecified atom stereocenters. The highest BCUT2D eigenvalue weighted by Gasteiger charge is 2.37. The van der Waals surface area contributed by atoms with E-state index < -0.39 is 132 Å². The molecule has 1 aromatic rings. The van der Waals surface area contributed by atoms with Crippen molar-refractivity contribution in [3.05, 3.63) is 35.9 Å². The maximum absolute atomic E-state index is 14.3. The zero-order valence-corrected chi connectivity index (χ0v) is 45.0. The van der Waals surface area contributed by atoms with E-state index in [9.17, 15) is 58.2 Å². The van der Waals surface area contributed by atoms with Crippen molar-refractivity contribution in [1.29, 1.82) is 0 Å². The topological polar surface area (TPSA) is 410 Å². The molecule has 1 saturated heterocycles. The van der Waals surface area contributed by atoms with Crippen molar-refractivity contribution in [3.8, 4) is 0 Å². The van der Waals surface area contributed by atoms with Crippen molar-refractivity contribution in [2.45, 2.75) is 192 Å². The van der Waals surface area contributed by atoms with Crippen molar-refractivity contribution in [1.82, 2.24) is 53.2 Å². The second kappa shape index (κ2) is 35.1. The molecule has 428 valence electrons. The van der Waals surface area contributed by atoms with E-state index in [1.54, 1.807) is 51.1 Å². The average molecular weight is 1070 g/mol. The van der Waals surface area contributed by atoms with E-state index in [0.29, 0.717) is 12.0 Å². The summed E-state index contributed by atoms with van der Waals surface area (Å²) in [6.45, 7) is 9.00. The summed E-state index contributed by atoms with van der Waals surface area (Å²) in [5, 5.41) is 47.0. The smallest absolute Gasteiger partial charge is 0.245 e. The summed E-state index contributed by atoms with van der Waals surface area (Å²) in [5.74, 6) is -8.55. The third-order valence-electron chi connectivity index (χ3n) is 12.6. The van der Waals surface area contributed by atoms with Crippen LogP contribution < -0.4 is 70.4 Å². The number of hydrogen-bond acceptors (Lipinski definition) is 15. The molecule has 0 aromatic heterocycles. The minimum atomic E-state index is -1.64. The van der Waals surface area contributed by atoms with Crippen LogP contribution in [0.4, 0.5) is 0 Å². The van der Waals surface area contributed by atoms with Gasteiger partial charge in [0.15, 0.2) is 0 Å². The Balaban J connectivity index is 2.66. The first-order valence-electron chi connectivity index (χ1n) is 26.6. The molecule has 1 heterocycles. The van der Waals surface area contributed by atoms with Crippen LogP contribution in [0.15, 0.2) is 30.3 Å². The zero-order valence-electron chi connectivity index (χ0n) is 45.0. The second-order valence-corrected chi connectivity index (χ2v) is 19.6. The lowest BCUT2D eigenvalue weighted by Gasteiger charge is -2.28. The maximum Gasteiger partial charge on any atom is 0.245 e. The molecule has 25 nitrogen and oxygen atoms in total. The van der Waals surface area contributed by atoms with Gasteiger partial charge in [0, 0.05) is 19.4 Å². The molecule has 1 aliphatic rings. The maximum atomic E-state index is 14.3. The van der Waals surface area contributed by atoms with Gasteiger partial charge in [-0.15, -0.1) is 0 Å². The Labute approximate surface area is 446 Å². The molecule has 18 N–H and O–H groups in total. The molecule has 76 heavy (non-hydrogen) atoms. The Hall–Kier alpha value is -6.28. The summed E-state index contributed by atoms with van der Waals surface area (Å²) >= 11 is 0. The van der Waals surface area contributed by atoms with E-state index in [0.717, 1.165) is 25.7 Å². The summed E-state index contributed by atoms with van der Waals surface area (Å²) in [5.41, 5.74) is 18.2. The Morgan fingerprint density at radius 2 is 1.17 bits per heavy atom. The second-order valence-electron chi connectivity index (χ2n) is 19.6. The number of benzene rings is 1. The lowest BCUT2D eigenvalue weighted by Crippen LogP contribution is -2.61. The van der Waals surface area contributed by atoms with Crippen molar-refractivity contribution < 1.29 is 58.2 Å². The summed E-state index contributed by atoms with van der Waals surface area (Å²) in [4.78, 5) is 139. The van der Waals surface area contributed by atoms with Gasteiger partial charge in [0.1, 0.15) is 54.4 Å². The molecule has 0 saturated carbocycles. The normalized spacial score (nSPS) is 23.4. The molecule has 1 aliphatic heterocycles. The van der Waals surface area contributed by atoms with E-state index >= 15 is 0 Å². The fraction of sp³-hybridized carbons (Fsp3) is 0.686. The summed E-state index contributed by atoms with van der Waals surface area (Å²) in [6, 6.07) is -4.10. The summed E-state index contributed by atoms with van der Waals surface area (Å²) in [7, 11) is 0. The van der Waals surface area contributed by atoms with Crippen LogP contribution in [-0.4, -0.2) is 162 Å². The van der Waals surface area contributed by atoms with Gasteiger partial charge in [0.2, 0.25) is 59.1 Å². The molecule has 11 atom stereocenters. The molecule has 10 amide bonds. The fourth-order valence-electron chi connectivity index (χ4n) is 8.23. The van der Waals surface area contributed by atoms with Crippen LogP contribution in [-0.2, 0) is 54.4 Å². The highest BCUT2D eigenvalue weighted by molar-refractivity contribution is 5.99. The van der Waals surface area contributed by atoms with Gasteiger partial charge < -0.3 is 80.6 Å². The number of rotatable bonds is 24. The van der Waals surface area contributed by atoms with Gasteiger partial charge in [0.25, 0.3) is 0 Å². The van der Waals surface area contributed by atoms with Crippen LogP contribution >= 0.6 is 0 Å². The number of aliphatic hydroxyl groups excluding tert-OH is 2. The van der Waals surface area contributed by atoms with E-state index in [1.807, 2.05) is 0 Å². The lowest BCUT2D eigenvalue weighted by atomic mass is 10.00. The Kier molecular flexibility index (Phi) is 30.4. The molecule has 1 aromatic carbocycles. The van der Waals surface area contributed by atoms with Crippen LogP contribution in [0.2, 0.25) is 0 Å². The molecule has 1 fully saturated rings. The number of nitrogens with one attached hydrogen (secondary N) is 10. The van der Waals surface area contributed by atoms with Crippen molar-refractivity contribution in [2.24, 2.45) is 23.1 Å². The third kappa shape index (κ3) is 23.3. The predicted molar refractivity (Wildman–Crippen MR) is 283 cm³/mol. The van der Waals surface area contributed by atoms with Crippen molar-refractivity contribution in [2.75, 3.05) is 26.2 Å². The van der Waals surface area contributed by atoms with Gasteiger partial charge in [0.05, 0.1) is 12.2 Å². The number of hydrogen-bond donors (Lipinski definition) is 15. The van der Waals surface area contributed by atoms with Crippen LogP contribution in [0.5, 0.6) is 0 Å². The Morgan fingerprint density at radius 1 is 0.632 bits per heavy atom.